The molecule has 0 aliphatic heterocycles. The first-order chi connectivity index (χ1) is 12.2. The molecular weight excluding hydrogens is 319 g/mol. The normalized spacial score (nSPS) is 10.9. The smallest absolute Gasteiger partial charge is 0.203 e. The lowest BCUT2D eigenvalue weighted by atomic mass is 9.95. The number of nitriles is 1. The van der Waals surface area contributed by atoms with Gasteiger partial charge in [0.05, 0.1) is 18.2 Å². The van der Waals surface area contributed by atoms with Crippen molar-refractivity contribution in [1.29, 1.82) is 5.26 Å². The predicted octanol–water partition coefficient (Wildman–Crippen LogP) is 5.00. The van der Waals surface area contributed by atoms with Gasteiger partial charge in [-0.25, -0.2) is 9.37 Å². The van der Waals surface area contributed by atoms with E-state index in [4.69, 9.17) is 8.83 Å². The largest absolute Gasteiger partial charge is 0.469 e. The van der Waals surface area contributed by atoms with E-state index >= 15 is 4.39 Å². The molecule has 0 bridgehead atoms. The van der Waals surface area contributed by atoms with Crippen LogP contribution in [0.15, 0.2) is 57.6 Å². The lowest BCUT2D eigenvalue weighted by molar-refractivity contribution is 0.473. The third-order valence-electron chi connectivity index (χ3n) is 4.16. The Bertz CT molecular complexity index is 1090. The molecule has 0 aliphatic carbocycles. The third kappa shape index (κ3) is 2.48. The first kappa shape index (κ1) is 15.2. The van der Waals surface area contributed by atoms with Crippen molar-refractivity contribution in [3.63, 3.8) is 0 Å². The Balaban J connectivity index is 1.95. The average molecular weight is 332 g/mol. The van der Waals surface area contributed by atoms with Gasteiger partial charge in [0.1, 0.15) is 17.3 Å². The molecule has 0 spiro atoms. The van der Waals surface area contributed by atoms with Crippen LogP contribution in [0.2, 0.25) is 0 Å². The van der Waals surface area contributed by atoms with Crippen molar-refractivity contribution in [2.75, 3.05) is 0 Å². The van der Waals surface area contributed by atoms with Crippen LogP contribution in [0, 0.1) is 24.1 Å². The number of halogens is 1. The highest BCUT2D eigenvalue weighted by atomic mass is 19.1. The van der Waals surface area contributed by atoms with E-state index in [1.54, 1.807) is 37.5 Å². The molecule has 0 aliphatic rings. The maximum atomic E-state index is 15.2. The Morgan fingerprint density at radius 2 is 1.96 bits per heavy atom. The molecule has 5 heteroatoms. The standard InChI is InChI=1S/C20H13FN2O2/c1-12-15(11-22)19-20(18(21)17(12)13-6-3-2-4-7-13)25-16(23-19)10-14-8-5-9-24-14/h2-9H,10H2,1H3. The average Bonchev–Trinajstić information content (AvgIpc) is 3.27. The van der Waals surface area contributed by atoms with Gasteiger partial charge in [0, 0.05) is 5.56 Å². The fourth-order valence-electron chi connectivity index (χ4n) is 2.99. The quantitative estimate of drug-likeness (QED) is 0.530. The monoisotopic (exact) mass is 332 g/mol. The van der Waals surface area contributed by atoms with Crippen LogP contribution < -0.4 is 0 Å². The Labute approximate surface area is 143 Å². The molecule has 4 aromatic rings. The zero-order valence-corrected chi connectivity index (χ0v) is 13.4. The van der Waals surface area contributed by atoms with Crippen LogP contribution in [0.25, 0.3) is 22.2 Å². The molecule has 122 valence electrons. The van der Waals surface area contributed by atoms with E-state index in [0.717, 1.165) is 0 Å². The van der Waals surface area contributed by atoms with Gasteiger partial charge in [-0.1, -0.05) is 30.3 Å². The van der Waals surface area contributed by atoms with Crippen LogP contribution in [-0.2, 0) is 6.42 Å². The minimum atomic E-state index is -0.504. The van der Waals surface area contributed by atoms with Gasteiger partial charge in [0.25, 0.3) is 0 Å². The van der Waals surface area contributed by atoms with E-state index < -0.39 is 5.82 Å². The van der Waals surface area contributed by atoms with Crippen molar-refractivity contribution in [1.82, 2.24) is 4.98 Å². The highest BCUT2D eigenvalue weighted by Gasteiger charge is 2.23. The Morgan fingerprint density at radius 1 is 1.16 bits per heavy atom. The van der Waals surface area contributed by atoms with Crippen LogP contribution >= 0.6 is 0 Å². The highest BCUT2D eigenvalue weighted by molar-refractivity contribution is 5.89. The van der Waals surface area contributed by atoms with Gasteiger partial charge in [-0.05, 0) is 30.2 Å². The molecule has 0 radical (unpaired) electrons. The minimum absolute atomic E-state index is 0.00237. The second-order valence-electron chi connectivity index (χ2n) is 5.71. The molecule has 0 amide bonds. The number of hydrogen-bond donors (Lipinski definition) is 0. The minimum Gasteiger partial charge on any atom is -0.469 e. The number of fused-ring (bicyclic) bond motifs is 1. The summed E-state index contributed by atoms with van der Waals surface area (Å²) in [6.07, 6.45) is 1.85. The van der Waals surface area contributed by atoms with Crippen molar-refractivity contribution >= 4 is 11.1 Å². The highest BCUT2D eigenvalue weighted by Crippen LogP contribution is 2.36. The van der Waals surface area contributed by atoms with Crippen molar-refractivity contribution in [2.45, 2.75) is 13.3 Å². The van der Waals surface area contributed by atoms with Crippen molar-refractivity contribution < 1.29 is 13.2 Å². The van der Waals surface area contributed by atoms with Gasteiger partial charge in [-0.15, -0.1) is 0 Å². The van der Waals surface area contributed by atoms with Crippen LogP contribution in [-0.4, -0.2) is 4.98 Å². The topological polar surface area (TPSA) is 63.0 Å². The summed E-state index contributed by atoms with van der Waals surface area (Å²) < 4.78 is 26.1. The number of oxazole rings is 1. The fourth-order valence-corrected chi connectivity index (χ4v) is 2.99. The lowest BCUT2D eigenvalue weighted by Crippen LogP contribution is -1.95. The Kier molecular flexibility index (Phi) is 3.58. The van der Waals surface area contributed by atoms with Crippen molar-refractivity contribution in [3.05, 3.63) is 77.3 Å². The molecule has 2 heterocycles. The van der Waals surface area contributed by atoms with Gasteiger partial charge < -0.3 is 8.83 Å². The van der Waals surface area contributed by atoms with E-state index in [-0.39, 0.29) is 11.1 Å². The summed E-state index contributed by atoms with van der Waals surface area (Å²) >= 11 is 0. The molecule has 25 heavy (non-hydrogen) atoms. The molecule has 2 aromatic heterocycles. The van der Waals surface area contributed by atoms with Gasteiger partial charge >= 0.3 is 0 Å². The van der Waals surface area contributed by atoms with E-state index in [9.17, 15) is 5.26 Å². The Morgan fingerprint density at radius 3 is 2.64 bits per heavy atom. The van der Waals surface area contributed by atoms with E-state index in [0.29, 0.717) is 40.3 Å². The molecule has 0 atom stereocenters. The van der Waals surface area contributed by atoms with Gasteiger partial charge in [0.15, 0.2) is 11.4 Å². The number of benzene rings is 2. The van der Waals surface area contributed by atoms with Crippen LogP contribution in [0.4, 0.5) is 4.39 Å². The number of furan rings is 1. The summed E-state index contributed by atoms with van der Waals surface area (Å²) in [6.45, 7) is 1.73. The molecule has 0 saturated heterocycles. The molecule has 2 aromatic carbocycles. The molecule has 0 fully saturated rings. The van der Waals surface area contributed by atoms with Gasteiger partial charge in [-0.2, -0.15) is 5.26 Å². The van der Waals surface area contributed by atoms with Crippen LogP contribution in [0.3, 0.4) is 0 Å². The molecule has 0 unspecified atom stereocenters. The van der Waals surface area contributed by atoms with Gasteiger partial charge in [-0.3, -0.25) is 0 Å². The summed E-state index contributed by atoms with van der Waals surface area (Å²) in [5.41, 5.74) is 2.19. The summed E-state index contributed by atoms with van der Waals surface area (Å²) in [4.78, 5) is 4.33. The van der Waals surface area contributed by atoms with Crippen molar-refractivity contribution in [3.8, 4) is 17.2 Å². The second kappa shape index (κ2) is 5.91. The first-order valence-electron chi connectivity index (χ1n) is 7.78. The summed E-state index contributed by atoms with van der Waals surface area (Å²) in [5, 5.41) is 9.57. The zero-order chi connectivity index (χ0) is 17.4. The number of nitrogens with zero attached hydrogens (tertiary/aromatic N) is 2. The third-order valence-corrected chi connectivity index (χ3v) is 4.16. The first-order valence-corrected chi connectivity index (χ1v) is 7.78. The molecule has 0 saturated carbocycles. The lowest BCUT2D eigenvalue weighted by Gasteiger charge is -2.09. The van der Waals surface area contributed by atoms with Crippen LogP contribution in [0.5, 0.6) is 0 Å². The SMILES string of the molecule is Cc1c(-c2ccccc2)c(F)c2oc(Cc3ccco3)nc2c1C#N. The zero-order valence-electron chi connectivity index (χ0n) is 13.4. The van der Waals surface area contributed by atoms with E-state index in [2.05, 4.69) is 11.1 Å². The second-order valence-corrected chi connectivity index (χ2v) is 5.71. The summed E-state index contributed by atoms with van der Waals surface area (Å²) in [5.74, 6) is 0.464. The number of aromatic nitrogens is 1. The predicted molar refractivity (Wildman–Crippen MR) is 90.4 cm³/mol. The number of rotatable bonds is 3. The van der Waals surface area contributed by atoms with Crippen LogP contribution in [0.1, 0.15) is 22.8 Å². The molecular formula is C20H13FN2O2. The maximum absolute atomic E-state index is 15.2. The molecule has 4 nitrogen and oxygen atoms in total. The summed E-state index contributed by atoms with van der Waals surface area (Å²) in [7, 11) is 0. The van der Waals surface area contributed by atoms with E-state index in [1.807, 2.05) is 18.2 Å². The molecule has 0 N–H and O–H groups in total. The fraction of sp³-hybridized carbons (Fsp3) is 0.100. The summed E-state index contributed by atoms with van der Waals surface area (Å²) in [6, 6.07) is 14.8. The van der Waals surface area contributed by atoms with E-state index in [1.165, 1.54) is 0 Å². The van der Waals surface area contributed by atoms with Gasteiger partial charge in [0.2, 0.25) is 5.89 Å². The Hall–Kier alpha value is -3.39. The number of hydrogen-bond acceptors (Lipinski definition) is 4. The maximum Gasteiger partial charge on any atom is 0.203 e. The molecule has 4 rings (SSSR count). The van der Waals surface area contributed by atoms with Crippen molar-refractivity contribution in [2.24, 2.45) is 0 Å².